The van der Waals surface area contributed by atoms with E-state index < -0.39 is 5.60 Å². The lowest BCUT2D eigenvalue weighted by Crippen LogP contribution is -2.37. The number of rotatable bonds is 2. The van der Waals surface area contributed by atoms with E-state index in [1.165, 1.54) is 22.2 Å². The first-order valence-corrected chi connectivity index (χ1v) is 10.5. The van der Waals surface area contributed by atoms with E-state index in [0.717, 1.165) is 60.7 Å². The van der Waals surface area contributed by atoms with Gasteiger partial charge in [-0.25, -0.2) is 0 Å². The van der Waals surface area contributed by atoms with Gasteiger partial charge in [0.25, 0.3) is 0 Å². The van der Waals surface area contributed by atoms with E-state index in [9.17, 15) is 5.11 Å². The Bertz CT molecular complexity index is 1070. The average molecular weight is 396 g/mol. The molecule has 0 saturated carbocycles. The predicted molar refractivity (Wildman–Crippen MR) is 113 cm³/mol. The number of aromatic nitrogens is 2. The van der Waals surface area contributed by atoms with E-state index in [4.69, 9.17) is 16.6 Å². The Morgan fingerprint density at radius 2 is 2.07 bits per heavy atom. The molecule has 0 bridgehead atoms. The first kappa shape index (κ1) is 18.2. The highest BCUT2D eigenvalue weighted by atomic mass is 35.5. The van der Waals surface area contributed by atoms with Crippen molar-refractivity contribution in [3.8, 4) is 0 Å². The number of pyridine rings is 1. The number of aliphatic hydroxyl groups is 1. The lowest BCUT2D eigenvalue weighted by Gasteiger charge is -2.36. The molecule has 2 aromatic heterocycles. The van der Waals surface area contributed by atoms with Crippen LogP contribution in [0, 0.1) is 6.92 Å². The Balaban J connectivity index is 1.66. The maximum Gasteiger partial charge on any atom is 0.109 e. The zero-order chi connectivity index (χ0) is 19.5. The van der Waals surface area contributed by atoms with Gasteiger partial charge in [0.2, 0.25) is 0 Å². The fourth-order valence-corrected chi connectivity index (χ4v) is 5.23. The molecule has 1 aliphatic heterocycles. The first-order chi connectivity index (χ1) is 13.4. The highest BCUT2D eigenvalue weighted by molar-refractivity contribution is 6.31. The normalized spacial score (nSPS) is 22.3. The topological polar surface area (TPSA) is 41.3 Å². The van der Waals surface area contributed by atoms with Crippen LogP contribution >= 0.6 is 11.6 Å². The molecule has 0 spiro atoms. The minimum absolute atomic E-state index is 0.562. The molecule has 1 unspecified atom stereocenters. The summed E-state index contributed by atoms with van der Waals surface area (Å²) < 4.78 is 2.34. The zero-order valence-corrected chi connectivity index (χ0v) is 17.3. The maximum atomic E-state index is 11.8. The third-order valence-corrected chi connectivity index (χ3v) is 6.69. The molecule has 0 amide bonds. The second kappa shape index (κ2) is 6.58. The van der Waals surface area contributed by atoms with Gasteiger partial charge in [0.15, 0.2) is 0 Å². The molecule has 3 aromatic rings. The third kappa shape index (κ3) is 2.86. The number of nitrogens with zero attached hydrogens (tertiary/aromatic N) is 3. The monoisotopic (exact) mass is 395 g/mol. The smallest absolute Gasteiger partial charge is 0.109 e. The van der Waals surface area contributed by atoms with E-state index in [2.05, 4.69) is 34.7 Å². The quantitative estimate of drug-likeness (QED) is 0.706. The molecule has 4 nitrogen and oxygen atoms in total. The molecule has 28 heavy (non-hydrogen) atoms. The van der Waals surface area contributed by atoms with Gasteiger partial charge in [0.1, 0.15) is 5.60 Å². The lowest BCUT2D eigenvalue weighted by molar-refractivity contribution is 0.000709. The van der Waals surface area contributed by atoms with Crippen molar-refractivity contribution in [2.75, 3.05) is 13.6 Å². The number of hydrogen-bond donors (Lipinski definition) is 1. The van der Waals surface area contributed by atoms with Crippen LogP contribution in [0.4, 0.5) is 0 Å². The van der Waals surface area contributed by atoms with Gasteiger partial charge in [-0.05, 0) is 69.5 Å². The van der Waals surface area contributed by atoms with Crippen LogP contribution in [0.3, 0.4) is 0 Å². The minimum atomic E-state index is -0.885. The first-order valence-electron chi connectivity index (χ1n) is 10.1. The number of fused-ring (bicyclic) bond motifs is 4. The van der Waals surface area contributed by atoms with Crippen LogP contribution < -0.4 is 0 Å². The Kier molecular flexibility index (Phi) is 4.27. The average Bonchev–Trinajstić information content (AvgIpc) is 2.93. The van der Waals surface area contributed by atoms with Gasteiger partial charge >= 0.3 is 0 Å². The molecule has 5 rings (SSSR count). The molecule has 1 aromatic carbocycles. The van der Waals surface area contributed by atoms with Gasteiger partial charge in [-0.1, -0.05) is 17.7 Å². The van der Waals surface area contributed by atoms with Crippen LogP contribution in [0.1, 0.15) is 41.1 Å². The Labute approximate surface area is 170 Å². The zero-order valence-electron chi connectivity index (χ0n) is 16.5. The van der Waals surface area contributed by atoms with E-state index in [0.29, 0.717) is 6.54 Å². The SMILES string of the molecule is Cc1ccc2c(n1)CCCC2(O)Cn1c2c(c3cc(Cl)ccc31)CCN(C)C2. The minimum Gasteiger partial charge on any atom is -0.383 e. The Hall–Kier alpha value is -1.88. The van der Waals surface area contributed by atoms with Crippen molar-refractivity contribution in [2.45, 2.75) is 51.3 Å². The Morgan fingerprint density at radius 1 is 1.21 bits per heavy atom. The second-order valence-corrected chi connectivity index (χ2v) is 8.93. The number of hydrogen-bond acceptors (Lipinski definition) is 3. The summed E-state index contributed by atoms with van der Waals surface area (Å²) in [5.41, 5.74) is 6.05. The summed E-state index contributed by atoms with van der Waals surface area (Å²) in [5, 5.41) is 13.8. The molecule has 0 radical (unpaired) electrons. The summed E-state index contributed by atoms with van der Waals surface area (Å²) in [6.07, 6.45) is 3.70. The van der Waals surface area contributed by atoms with Crippen LogP contribution in [0.25, 0.3) is 10.9 Å². The van der Waals surface area contributed by atoms with Gasteiger partial charge in [-0.3, -0.25) is 4.98 Å². The van der Waals surface area contributed by atoms with Gasteiger partial charge < -0.3 is 14.6 Å². The molecule has 0 fully saturated rings. The largest absolute Gasteiger partial charge is 0.383 e. The number of likely N-dealkylation sites (N-methyl/N-ethyl adjacent to an activating group) is 1. The molecule has 0 saturated heterocycles. The fraction of sp³-hybridized carbons (Fsp3) is 0.435. The van der Waals surface area contributed by atoms with Crippen molar-refractivity contribution in [1.82, 2.24) is 14.5 Å². The lowest BCUT2D eigenvalue weighted by atomic mass is 9.81. The van der Waals surface area contributed by atoms with Gasteiger partial charge in [0, 0.05) is 51.7 Å². The summed E-state index contributed by atoms with van der Waals surface area (Å²) in [5.74, 6) is 0. The van der Waals surface area contributed by atoms with E-state index in [1.54, 1.807) is 0 Å². The van der Waals surface area contributed by atoms with Gasteiger partial charge in [-0.15, -0.1) is 0 Å². The summed E-state index contributed by atoms with van der Waals surface area (Å²) in [6, 6.07) is 10.3. The molecule has 1 atom stereocenters. The highest BCUT2D eigenvalue weighted by Crippen LogP contribution is 2.39. The molecule has 146 valence electrons. The van der Waals surface area contributed by atoms with E-state index in [1.807, 2.05) is 19.1 Å². The maximum absolute atomic E-state index is 11.8. The standard InChI is InChI=1S/C23H26ClN3O/c1-15-5-7-19-20(25-15)4-3-10-23(19,28)14-27-21-8-6-16(24)12-18(21)17-9-11-26(2)13-22(17)27/h5-8,12,28H,3-4,9-11,13-14H2,1-2H3. The highest BCUT2D eigenvalue weighted by Gasteiger charge is 2.37. The van der Waals surface area contributed by atoms with E-state index in [-0.39, 0.29) is 0 Å². The molecular weight excluding hydrogens is 370 g/mol. The van der Waals surface area contributed by atoms with Crippen LogP contribution in [0.5, 0.6) is 0 Å². The molecule has 2 aliphatic rings. The van der Waals surface area contributed by atoms with Crippen LogP contribution in [-0.4, -0.2) is 33.1 Å². The number of benzene rings is 1. The molecule has 3 heterocycles. The van der Waals surface area contributed by atoms with Crippen molar-refractivity contribution in [1.29, 1.82) is 0 Å². The van der Waals surface area contributed by atoms with Crippen molar-refractivity contribution in [3.63, 3.8) is 0 Å². The Morgan fingerprint density at radius 3 is 2.93 bits per heavy atom. The van der Waals surface area contributed by atoms with Crippen LogP contribution in [-0.2, 0) is 31.5 Å². The summed E-state index contributed by atoms with van der Waals surface area (Å²) in [7, 11) is 2.16. The van der Waals surface area contributed by atoms with Crippen molar-refractivity contribution < 1.29 is 5.11 Å². The number of aryl methyl sites for hydroxylation is 2. The van der Waals surface area contributed by atoms with Crippen molar-refractivity contribution in [2.24, 2.45) is 0 Å². The summed E-state index contributed by atoms with van der Waals surface area (Å²) >= 11 is 6.32. The van der Waals surface area contributed by atoms with Crippen LogP contribution in [0.15, 0.2) is 30.3 Å². The van der Waals surface area contributed by atoms with Crippen molar-refractivity contribution in [3.05, 3.63) is 63.6 Å². The number of halogens is 1. The third-order valence-electron chi connectivity index (χ3n) is 6.45. The van der Waals surface area contributed by atoms with Crippen molar-refractivity contribution >= 4 is 22.5 Å². The molecule has 1 aliphatic carbocycles. The predicted octanol–water partition coefficient (Wildman–Crippen LogP) is 4.21. The summed E-state index contributed by atoms with van der Waals surface area (Å²) in [6.45, 7) is 4.53. The summed E-state index contributed by atoms with van der Waals surface area (Å²) in [4.78, 5) is 7.07. The molecule has 5 heteroatoms. The van der Waals surface area contributed by atoms with Gasteiger partial charge in [-0.2, -0.15) is 0 Å². The van der Waals surface area contributed by atoms with Gasteiger partial charge in [0.05, 0.1) is 6.54 Å². The fourth-order valence-electron chi connectivity index (χ4n) is 5.06. The molecule has 1 N–H and O–H groups in total. The molecular formula is C23H26ClN3O. The van der Waals surface area contributed by atoms with E-state index >= 15 is 0 Å². The van der Waals surface area contributed by atoms with Crippen LogP contribution in [0.2, 0.25) is 5.02 Å². The second-order valence-electron chi connectivity index (χ2n) is 8.49.